The molecule has 0 spiro atoms. The highest BCUT2D eigenvalue weighted by atomic mass is 16.6. The van der Waals surface area contributed by atoms with Gasteiger partial charge in [0, 0.05) is 6.54 Å². The fourth-order valence-electron chi connectivity index (χ4n) is 1.48. The van der Waals surface area contributed by atoms with Crippen LogP contribution < -0.4 is 0 Å². The second-order valence-corrected chi connectivity index (χ2v) is 3.34. The highest BCUT2D eigenvalue weighted by Gasteiger charge is 2.30. The van der Waals surface area contributed by atoms with Gasteiger partial charge in [0.15, 0.2) is 6.61 Å². The Morgan fingerprint density at radius 2 is 1.93 bits per heavy atom. The molecule has 0 aliphatic carbocycles. The lowest BCUT2D eigenvalue weighted by Gasteiger charge is -2.09. The molecule has 2 rings (SSSR count). The van der Waals surface area contributed by atoms with Gasteiger partial charge in [-0.3, -0.25) is 4.79 Å². The zero-order chi connectivity index (χ0) is 10.7. The third kappa shape index (κ3) is 2.15. The summed E-state index contributed by atoms with van der Waals surface area (Å²) in [6.45, 7) is 0.273. The fraction of sp³-hybridized carbons (Fsp3) is 0.273. The largest absolute Gasteiger partial charge is 0.439 e. The number of carbonyl (C=O) groups is 2. The van der Waals surface area contributed by atoms with Gasteiger partial charge in [0.25, 0.3) is 5.91 Å². The molecular formula is C11H11NO3. The van der Waals surface area contributed by atoms with E-state index >= 15 is 0 Å². The molecule has 0 saturated carbocycles. The highest BCUT2D eigenvalue weighted by molar-refractivity contribution is 5.97. The molecule has 2 amide bonds. The molecule has 4 nitrogen and oxygen atoms in total. The Labute approximate surface area is 87.4 Å². The number of rotatable bonds is 3. The number of cyclic esters (lactones) is 1. The van der Waals surface area contributed by atoms with Crippen molar-refractivity contribution in [2.75, 3.05) is 13.2 Å². The van der Waals surface area contributed by atoms with Gasteiger partial charge in [0.1, 0.15) is 0 Å². The lowest BCUT2D eigenvalue weighted by atomic mass is 10.1. The van der Waals surface area contributed by atoms with E-state index in [4.69, 9.17) is 0 Å². The molecule has 1 saturated heterocycles. The molecule has 1 aliphatic rings. The number of hydrogen-bond acceptors (Lipinski definition) is 3. The lowest BCUT2D eigenvalue weighted by Crippen LogP contribution is -2.31. The fourth-order valence-corrected chi connectivity index (χ4v) is 1.48. The molecule has 78 valence electrons. The third-order valence-electron chi connectivity index (χ3n) is 2.31. The van der Waals surface area contributed by atoms with E-state index in [1.807, 2.05) is 30.3 Å². The van der Waals surface area contributed by atoms with Gasteiger partial charge < -0.3 is 4.74 Å². The third-order valence-corrected chi connectivity index (χ3v) is 2.31. The first-order chi connectivity index (χ1) is 7.27. The van der Waals surface area contributed by atoms with E-state index in [9.17, 15) is 9.59 Å². The molecule has 15 heavy (non-hydrogen) atoms. The molecule has 0 radical (unpaired) electrons. The summed E-state index contributed by atoms with van der Waals surface area (Å²) < 4.78 is 4.60. The van der Waals surface area contributed by atoms with Gasteiger partial charge in [-0.05, 0) is 12.0 Å². The van der Waals surface area contributed by atoms with Crippen LogP contribution >= 0.6 is 0 Å². The number of imide groups is 1. The highest BCUT2D eigenvalue weighted by Crippen LogP contribution is 2.07. The maximum Gasteiger partial charge on any atom is 0.417 e. The first-order valence-corrected chi connectivity index (χ1v) is 4.78. The summed E-state index contributed by atoms with van der Waals surface area (Å²) in [7, 11) is 0. The Morgan fingerprint density at radius 1 is 1.20 bits per heavy atom. The number of nitrogens with zero attached hydrogens (tertiary/aromatic N) is 1. The smallest absolute Gasteiger partial charge is 0.417 e. The summed E-state index contributed by atoms with van der Waals surface area (Å²) in [6, 6.07) is 9.72. The van der Waals surface area contributed by atoms with E-state index in [-0.39, 0.29) is 12.5 Å². The van der Waals surface area contributed by atoms with Crippen LogP contribution in [0.25, 0.3) is 0 Å². The summed E-state index contributed by atoms with van der Waals surface area (Å²) in [5.41, 5.74) is 1.10. The predicted molar refractivity (Wildman–Crippen MR) is 53.2 cm³/mol. The first-order valence-electron chi connectivity index (χ1n) is 4.78. The maximum atomic E-state index is 11.2. The van der Waals surface area contributed by atoms with Crippen molar-refractivity contribution in [1.29, 1.82) is 0 Å². The van der Waals surface area contributed by atoms with Gasteiger partial charge in [-0.1, -0.05) is 30.3 Å². The number of benzene rings is 1. The minimum atomic E-state index is -0.532. The minimum Gasteiger partial charge on any atom is -0.439 e. The van der Waals surface area contributed by atoms with E-state index < -0.39 is 6.09 Å². The summed E-state index contributed by atoms with van der Waals surface area (Å²) >= 11 is 0. The molecule has 1 heterocycles. The van der Waals surface area contributed by atoms with E-state index in [0.717, 1.165) is 10.5 Å². The van der Waals surface area contributed by atoms with Crippen LogP contribution in [0.15, 0.2) is 30.3 Å². The molecule has 0 N–H and O–H groups in total. The van der Waals surface area contributed by atoms with Gasteiger partial charge in [0.05, 0.1) is 0 Å². The van der Waals surface area contributed by atoms with Crippen LogP contribution in [0, 0.1) is 0 Å². The van der Waals surface area contributed by atoms with Gasteiger partial charge in [0.2, 0.25) is 0 Å². The Bertz CT molecular complexity index is 359. The Kier molecular flexibility index (Phi) is 2.67. The first kappa shape index (κ1) is 9.71. The van der Waals surface area contributed by atoms with Crippen LogP contribution in [-0.2, 0) is 16.0 Å². The monoisotopic (exact) mass is 205 g/mol. The van der Waals surface area contributed by atoms with E-state index in [0.29, 0.717) is 13.0 Å². The molecule has 0 aromatic heterocycles. The van der Waals surface area contributed by atoms with Crippen LogP contribution in [0.1, 0.15) is 5.56 Å². The number of carbonyl (C=O) groups excluding carboxylic acids is 2. The second-order valence-electron chi connectivity index (χ2n) is 3.34. The zero-order valence-corrected chi connectivity index (χ0v) is 8.18. The van der Waals surface area contributed by atoms with Crippen molar-refractivity contribution in [2.24, 2.45) is 0 Å². The van der Waals surface area contributed by atoms with Crippen molar-refractivity contribution in [3.63, 3.8) is 0 Å². The SMILES string of the molecule is O=C1COC(=O)N1CCc1ccccc1. The molecule has 0 bridgehead atoms. The minimum absolute atomic E-state index is 0.117. The summed E-state index contributed by atoms with van der Waals surface area (Å²) in [4.78, 5) is 23.4. The zero-order valence-electron chi connectivity index (χ0n) is 8.18. The van der Waals surface area contributed by atoms with Crippen LogP contribution in [0.4, 0.5) is 4.79 Å². The molecule has 0 atom stereocenters. The summed E-state index contributed by atoms with van der Waals surface area (Å²) in [6.07, 6.45) is 0.137. The lowest BCUT2D eigenvalue weighted by molar-refractivity contribution is -0.125. The Morgan fingerprint density at radius 3 is 2.53 bits per heavy atom. The van der Waals surface area contributed by atoms with Gasteiger partial charge in [-0.15, -0.1) is 0 Å². The molecule has 1 aromatic carbocycles. The Balaban J connectivity index is 1.93. The second kappa shape index (κ2) is 4.13. The van der Waals surface area contributed by atoms with Crippen molar-refractivity contribution >= 4 is 12.0 Å². The van der Waals surface area contributed by atoms with Crippen LogP contribution in [0.5, 0.6) is 0 Å². The van der Waals surface area contributed by atoms with Crippen molar-refractivity contribution < 1.29 is 14.3 Å². The number of ether oxygens (including phenoxy) is 1. The van der Waals surface area contributed by atoms with Crippen molar-refractivity contribution in [3.8, 4) is 0 Å². The quantitative estimate of drug-likeness (QED) is 0.745. The van der Waals surface area contributed by atoms with E-state index in [1.165, 1.54) is 0 Å². The standard InChI is InChI=1S/C11H11NO3/c13-10-8-15-11(14)12(10)7-6-9-4-2-1-3-5-9/h1-5H,6-8H2. The van der Waals surface area contributed by atoms with Gasteiger partial charge in [-0.25, -0.2) is 9.69 Å². The predicted octanol–water partition coefficient (Wildman–Crippen LogP) is 1.21. The average molecular weight is 205 g/mol. The van der Waals surface area contributed by atoms with Crippen LogP contribution in [0.2, 0.25) is 0 Å². The normalized spacial score (nSPS) is 15.6. The number of hydrogen-bond donors (Lipinski definition) is 0. The maximum absolute atomic E-state index is 11.2. The molecule has 1 fully saturated rings. The Hall–Kier alpha value is -1.84. The molecular weight excluding hydrogens is 194 g/mol. The molecule has 0 unspecified atom stereocenters. The topological polar surface area (TPSA) is 46.6 Å². The molecule has 4 heteroatoms. The van der Waals surface area contributed by atoms with E-state index in [1.54, 1.807) is 0 Å². The molecule has 1 aliphatic heterocycles. The summed E-state index contributed by atoms with van der Waals surface area (Å²) in [5, 5.41) is 0. The van der Waals surface area contributed by atoms with Crippen molar-refractivity contribution in [1.82, 2.24) is 4.90 Å². The summed E-state index contributed by atoms with van der Waals surface area (Å²) in [5.74, 6) is -0.254. The van der Waals surface area contributed by atoms with Crippen LogP contribution in [0.3, 0.4) is 0 Å². The number of amides is 2. The van der Waals surface area contributed by atoms with Crippen LogP contribution in [-0.4, -0.2) is 30.1 Å². The van der Waals surface area contributed by atoms with Crippen molar-refractivity contribution in [2.45, 2.75) is 6.42 Å². The average Bonchev–Trinajstić information content (AvgIpc) is 2.58. The van der Waals surface area contributed by atoms with Crippen molar-refractivity contribution in [3.05, 3.63) is 35.9 Å². The van der Waals surface area contributed by atoms with E-state index in [2.05, 4.69) is 4.74 Å². The van der Waals surface area contributed by atoms with Gasteiger partial charge in [-0.2, -0.15) is 0 Å². The van der Waals surface area contributed by atoms with Gasteiger partial charge >= 0.3 is 6.09 Å². The molecule has 1 aromatic rings.